The number of nitrogens with two attached hydrogens (primary N) is 1. The van der Waals surface area contributed by atoms with Gasteiger partial charge in [-0.3, -0.25) is 4.72 Å². The molecular weight excluding hydrogens is 384 g/mol. The molecule has 0 bridgehead atoms. The summed E-state index contributed by atoms with van der Waals surface area (Å²) in [6.45, 7) is 0.493. The van der Waals surface area contributed by atoms with E-state index >= 15 is 0 Å². The standard InChI is InChI=1S/C12H12BrClN2O2S2/c13-12-9(14)2-1-3-10(12)16-20(17,18)11-5-4-8(19-11)6-7-15/h1-5,16H,6-7,15H2. The number of benzene rings is 1. The summed E-state index contributed by atoms with van der Waals surface area (Å²) in [5, 5.41) is 0.445. The Balaban J connectivity index is 2.28. The SMILES string of the molecule is NCCc1ccc(S(=O)(=O)Nc2cccc(Cl)c2Br)s1. The first-order valence-electron chi connectivity index (χ1n) is 5.69. The van der Waals surface area contributed by atoms with Crippen LogP contribution in [0.5, 0.6) is 0 Å². The molecule has 0 saturated carbocycles. The summed E-state index contributed by atoms with van der Waals surface area (Å²) in [6.07, 6.45) is 0.668. The van der Waals surface area contributed by atoms with Crippen molar-refractivity contribution in [2.24, 2.45) is 5.73 Å². The summed E-state index contributed by atoms with van der Waals surface area (Å²) in [6, 6.07) is 8.35. The first-order valence-corrected chi connectivity index (χ1v) is 9.16. The highest BCUT2D eigenvalue weighted by atomic mass is 79.9. The van der Waals surface area contributed by atoms with Crippen molar-refractivity contribution in [3.05, 3.63) is 44.7 Å². The lowest BCUT2D eigenvalue weighted by molar-refractivity contribution is 0.603. The van der Waals surface area contributed by atoms with Crippen LogP contribution in [0.15, 0.2) is 39.0 Å². The molecule has 0 saturated heterocycles. The fourth-order valence-corrected chi connectivity index (χ4v) is 4.67. The molecule has 0 radical (unpaired) electrons. The van der Waals surface area contributed by atoms with Crippen molar-refractivity contribution in [2.45, 2.75) is 10.6 Å². The lowest BCUT2D eigenvalue weighted by atomic mass is 10.3. The van der Waals surface area contributed by atoms with Gasteiger partial charge in [0.05, 0.1) is 15.2 Å². The second-order valence-corrected chi connectivity index (χ2v) is 8.24. The lowest BCUT2D eigenvalue weighted by Gasteiger charge is -2.09. The summed E-state index contributed by atoms with van der Waals surface area (Å²) in [4.78, 5) is 0.943. The Morgan fingerprint density at radius 1 is 1.30 bits per heavy atom. The largest absolute Gasteiger partial charge is 0.330 e. The summed E-state index contributed by atoms with van der Waals surface area (Å²) in [7, 11) is -3.61. The molecule has 0 amide bonds. The zero-order valence-corrected chi connectivity index (χ0v) is 14.2. The van der Waals surface area contributed by atoms with Gasteiger partial charge in [-0.15, -0.1) is 11.3 Å². The van der Waals surface area contributed by atoms with Crippen LogP contribution < -0.4 is 10.5 Å². The molecule has 0 atom stereocenters. The Morgan fingerprint density at radius 2 is 2.05 bits per heavy atom. The normalized spacial score (nSPS) is 11.6. The van der Waals surface area contributed by atoms with Crippen LogP contribution in [0.1, 0.15) is 4.88 Å². The minimum atomic E-state index is -3.61. The van der Waals surface area contributed by atoms with Crippen molar-refractivity contribution in [1.82, 2.24) is 0 Å². The number of hydrogen-bond acceptors (Lipinski definition) is 4. The highest BCUT2D eigenvalue weighted by molar-refractivity contribution is 9.10. The van der Waals surface area contributed by atoms with E-state index in [9.17, 15) is 8.42 Å². The lowest BCUT2D eigenvalue weighted by Crippen LogP contribution is -2.11. The zero-order chi connectivity index (χ0) is 14.8. The molecule has 2 aromatic rings. The third-order valence-corrected chi connectivity index (χ3v) is 6.89. The molecule has 0 aliphatic heterocycles. The minimum absolute atomic E-state index is 0.257. The van der Waals surface area contributed by atoms with Crippen molar-refractivity contribution in [3.63, 3.8) is 0 Å². The number of nitrogens with one attached hydrogen (secondary N) is 1. The molecule has 0 unspecified atom stereocenters. The smallest absolute Gasteiger partial charge is 0.271 e. The van der Waals surface area contributed by atoms with Gasteiger partial charge < -0.3 is 5.73 Å². The predicted octanol–water partition coefficient (Wildman–Crippen LogP) is 3.47. The third kappa shape index (κ3) is 3.53. The van der Waals surface area contributed by atoms with E-state index in [1.807, 2.05) is 0 Å². The van der Waals surface area contributed by atoms with Crippen molar-refractivity contribution < 1.29 is 8.42 Å². The molecule has 20 heavy (non-hydrogen) atoms. The van der Waals surface area contributed by atoms with E-state index in [2.05, 4.69) is 20.7 Å². The molecule has 1 heterocycles. The predicted molar refractivity (Wildman–Crippen MR) is 87.0 cm³/mol. The van der Waals surface area contributed by atoms with E-state index in [1.165, 1.54) is 11.3 Å². The highest BCUT2D eigenvalue weighted by Gasteiger charge is 2.18. The number of rotatable bonds is 5. The van der Waals surface area contributed by atoms with Crippen LogP contribution in [0.2, 0.25) is 5.02 Å². The van der Waals surface area contributed by atoms with Gasteiger partial charge in [0.1, 0.15) is 4.21 Å². The topological polar surface area (TPSA) is 72.2 Å². The van der Waals surface area contributed by atoms with Crippen molar-refractivity contribution in [1.29, 1.82) is 0 Å². The first kappa shape index (κ1) is 15.8. The molecule has 4 nitrogen and oxygen atoms in total. The quantitative estimate of drug-likeness (QED) is 0.814. The monoisotopic (exact) mass is 394 g/mol. The second kappa shape index (κ2) is 6.44. The maximum Gasteiger partial charge on any atom is 0.271 e. The maximum atomic E-state index is 12.3. The fraction of sp³-hybridized carbons (Fsp3) is 0.167. The molecule has 2 rings (SSSR count). The highest BCUT2D eigenvalue weighted by Crippen LogP contribution is 2.32. The summed E-state index contributed by atoms with van der Waals surface area (Å²) in [5.74, 6) is 0. The second-order valence-electron chi connectivity index (χ2n) is 3.97. The van der Waals surface area contributed by atoms with Gasteiger partial charge in [0, 0.05) is 4.88 Å². The molecule has 8 heteroatoms. The molecule has 1 aromatic heterocycles. The molecule has 1 aromatic carbocycles. The van der Waals surface area contributed by atoms with Gasteiger partial charge in [0.2, 0.25) is 0 Å². The third-order valence-electron chi connectivity index (χ3n) is 2.49. The molecule has 3 N–H and O–H groups in total. The maximum absolute atomic E-state index is 12.3. The average molecular weight is 396 g/mol. The van der Waals surface area contributed by atoms with Crippen LogP contribution in [0.4, 0.5) is 5.69 Å². The van der Waals surface area contributed by atoms with E-state index in [0.29, 0.717) is 28.1 Å². The van der Waals surface area contributed by atoms with Crippen LogP contribution in [0, 0.1) is 0 Å². The number of halogens is 2. The van der Waals surface area contributed by atoms with Crippen LogP contribution >= 0.6 is 38.9 Å². The Bertz CT molecular complexity index is 716. The van der Waals surface area contributed by atoms with Crippen LogP contribution in [0.25, 0.3) is 0 Å². The summed E-state index contributed by atoms with van der Waals surface area (Å²) in [5.41, 5.74) is 5.87. The molecule has 0 fully saturated rings. The van der Waals surface area contributed by atoms with Gasteiger partial charge in [0.25, 0.3) is 10.0 Å². The van der Waals surface area contributed by atoms with Gasteiger partial charge in [-0.2, -0.15) is 0 Å². The number of sulfonamides is 1. The first-order chi connectivity index (χ1) is 9.44. The van der Waals surface area contributed by atoms with Crippen LogP contribution in [-0.2, 0) is 16.4 Å². The Kier molecular flexibility index (Phi) is 5.09. The van der Waals surface area contributed by atoms with E-state index in [4.69, 9.17) is 17.3 Å². The van der Waals surface area contributed by atoms with Gasteiger partial charge >= 0.3 is 0 Å². The number of anilines is 1. The Hall–Kier alpha value is -0.600. The van der Waals surface area contributed by atoms with Crippen molar-refractivity contribution in [2.75, 3.05) is 11.3 Å². The van der Waals surface area contributed by atoms with Crippen molar-refractivity contribution in [3.8, 4) is 0 Å². The number of hydrogen-bond donors (Lipinski definition) is 2. The van der Waals surface area contributed by atoms with Gasteiger partial charge in [-0.05, 0) is 53.2 Å². The average Bonchev–Trinajstić information content (AvgIpc) is 2.85. The van der Waals surface area contributed by atoms with Crippen LogP contribution in [0.3, 0.4) is 0 Å². The minimum Gasteiger partial charge on any atom is -0.330 e. The molecule has 0 spiro atoms. The summed E-state index contributed by atoms with van der Waals surface area (Å²) < 4.78 is 27.9. The molecule has 108 valence electrons. The van der Waals surface area contributed by atoms with Gasteiger partial charge in [-0.1, -0.05) is 17.7 Å². The Labute approximate surface area is 135 Å². The Morgan fingerprint density at radius 3 is 2.75 bits per heavy atom. The van der Waals surface area contributed by atoms with E-state index in [-0.39, 0.29) is 4.21 Å². The van der Waals surface area contributed by atoms with Crippen LogP contribution in [-0.4, -0.2) is 15.0 Å². The van der Waals surface area contributed by atoms with E-state index in [1.54, 1.807) is 30.3 Å². The zero-order valence-electron chi connectivity index (χ0n) is 10.3. The molecule has 0 aliphatic carbocycles. The summed E-state index contributed by atoms with van der Waals surface area (Å²) >= 11 is 10.4. The van der Waals surface area contributed by atoms with E-state index < -0.39 is 10.0 Å². The van der Waals surface area contributed by atoms with Gasteiger partial charge in [0.15, 0.2) is 0 Å². The van der Waals surface area contributed by atoms with Gasteiger partial charge in [-0.25, -0.2) is 8.42 Å². The number of thiophene rings is 1. The molecular formula is C12H12BrClN2O2S2. The fourth-order valence-electron chi connectivity index (χ4n) is 1.56. The van der Waals surface area contributed by atoms with E-state index in [0.717, 1.165) is 4.88 Å². The van der Waals surface area contributed by atoms with Crippen molar-refractivity contribution >= 4 is 54.6 Å². The molecule has 0 aliphatic rings.